The molecule has 12 nitrogen and oxygen atoms in total. The number of anilines is 1. The molecule has 12 heteroatoms. The first-order chi connectivity index (χ1) is 17.4. The van der Waals surface area contributed by atoms with E-state index in [1.54, 1.807) is 19.1 Å². The van der Waals surface area contributed by atoms with Crippen LogP contribution in [-0.4, -0.2) is 74.3 Å². The summed E-state index contributed by atoms with van der Waals surface area (Å²) in [5.41, 5.74) is -0.583. The molecule has 2 saturated heterocycles. The fourth-order valence-electron chi connectivity index (χ4n) is 5.97. The van der Waals surface area contributed by atoms with Gasteiger partial charge in [-0.3, -0.25) is 38.3 Å². The minimum absolute atomic E-state index is 0.0993. The number of aliphatic imine (C=N–C) groups is 1. The zero-order chi connectivity index (χ0) is 27.0. The number of nitrogens with zero attached hydrogens (tertiary/aromatic N) is 6. The Bertz CT molecular complexity index is 1510. The van der Waals surface area contributed by atoms with Crippen LogP contribution >= 0.6 is 0 Å². The van der Waals surface area contributed by atoms with Gasteiger partial charge in [0.05, 0.1) is 17.4 Å². The molecule has 4 heterocycles. The molecule has 194 valence electrons. The number of urea groups is 1. The molecule has 0 bridgehead atoms. The fourth-order valence-corrected chi connectivity index (χ4v) is 5.97. The number of fused-ring (bicyclic) bond motifs is 4. The van der Waals surface area contributed by atoms with Crippen LogP contribution in [0, 0.1) is 5.41 Å². The van der Waals surface area contributed by atoms with Gasteiger partial charge in [-0.1, -0.05) is 0 Å². The van der Waals surface area contributed by atoms with E-state index in [9.17, 15) is 29.1 Å². The first-order valence-corrected chi connectivity index (χ1v) is 12.0. The van der Waals surface area contributed by atoms with Crippen LogP contribution in [0.3, 0.4) is 0 Å². The maximum absolute atomic E-state index is 13.5. The number of imide groups is 2. The summed E-state index contributed by atoms with van der Waals surface area (Å²) >= 11 is 0. The molecule has 2 aromatic rings. The summed E-state index contributed by atoms with van der Waals surface area (Å²) in [5.74, 6) is -1.50. The van der Waals surface area contributed by atoms with Gasteiger partial charge < -0.3 is 10.0 Å². The van der Waals surface area contributed by atoms with E-state index in [0.29, 0.717) is 18.7 Å². The predicted octanol–water partition coefficient (Wildman–Crippen LogP) is 0.492. The van der Waals surface area contributed by atoms with Crippen molar-refractivity contribution in [1.29, 1.82) is 0 Å². The monoisotopic (exact) mass is 508 g/mol. The quantitative estimate of drug-likeness (QED) is 0.460. The van der Waals surface area contributed by atoms with Gasteiger partial charge in [0, 0.05) is 40.4 Å². The number of hydrogen-bond donors (Lipinski definition) is 1. The van der Waals surface area contributed by atoms with Crippen molar-refractivity contribution in [1.82, 2.24) is 18.9 Å². The van der Waals surface area contributed by atoms with Crippen molar-refractivity contribution in [2.24, 2.45) is 24.5 Å². The van der Waals surface area contributed by atoms with E-state index in [1.165, 1.54) is 28.2 Å². The number of aromatic hydroxyl groups is 1. The molecule has 3 aliphatic rings. The van der Waals surface area contributed by atoms with Crippen LogP contribution in [0.15, 0.2) is 32.8 Å². The first-order valence-electron chi connectivity index (χ1n) is 12.0. The number of barbiturate groups is 1. The number of carbonyl (C=O) groups excluding carboxylic acids is 3. The van der Waals surface area contributed by atoms with Crippen molar-refractivity contribution in [3.05, 3.63) is 50.2 Å². The molecule has 0 aliphatic carbocycles. The van der Waals surface area contributed by atoms with Crippen LogP contribution in [0.4, 0.5) is 16.2 Å². The fraction of sp³-hybridized carbons (Fsp3) is 0.440. The highest BCUT2D eigenvalue weighted by atomic mass is 16.3. The summed E-state index contributed by atoms with van der Waals surface area (Å²) in [4.78, 5) is 73.0. The van der Waals surface area contributed by atoms with Crippen LogP contribution in [-0.2, 0) is 30.1 Å². The Morgan fingerprint density at radius 3 is 2.30 bits per heavy atom. The molecular weight excluding hydrogens is 480 g/mol. The highest BCUT2D eigenvalue weighted by Crippen LogP contribution is 2.49. The van der Waals surface area contributed by atoms with Gasteiger partial charge in [-0.05, 0) is 49.9 Å². The lowest BCUT2D eigenvalue weighted by Gasteiger charge is -2.50. The average molecular weight is 509 g/mol. The topological polar surface area (TPSA) is 138 Å². The third-order valence-electron chi connectivity index (χ3n) is 7.90. The van der Waals surface area contributed by atoms with E-state index >= 15 is 0 Å². The second kappa shape index (κ2) is 8.15. The lowest BCUT2D eigenvalue weighted by molar-refractivity contribution is -0.159. The van der Waals surface area contributed by atoms with Crippen LogP contribution < -0.4 is 16.1 Å². The molecule has 1 aromatic heterocycles. The van der Waals surface area contributed by atoms with E-state index in [2.05, 4.69) is 9.89 Å². The lowest BCUT2D eigenvalue weighted by atomic mass is 9.68. The summed E-state index contributed by atoms with van der Waals surface area (Å²) in [5, 5.41) is 10.5. The van der Waals surface area contributed by atoms with E-state index in [4.69, 9.17) is 0 Å². The standard InChI is InChI=1S/C25H28N6O6/c1-13(18-19(32)27(2)23(36)28(3)20(18)33)26-15-8-9-16-14(11-15)12-25(17-7-6-10-31(16)17)21(34)29(4)24(37)30(5)22(25)35/h8-9,11,17,32H,6-7,10,12H2,1-5H3/t17-/m0/s1. The van der Waals surface area contributed by atoms with Gasteiger partial charge in [0.25, 0.3) is 5.56 Å². The summed E-state index contributed by atoms with van der Waals surface area (Å²) < 4.78 is 1.86. The Kier molecular flexibility index (Phi) is 5.39. The molecule has 4 amide bonds. The molecule has 0 unspecified atom stereocenters. The molecule has 0 saturated carbocycles. The summed E-state index contributed by atoms with van der Waals surface area (Å²) in [7, 11) is 5.47. The van der Waals surface area contributed by atoms with Crippen molar-refractivity contribution in [3.63, 3.8) is 0 Å². The van der Waals surface area contributed by atoms with Gasteiger partial charge in [0.1, 0.15) is 5.56 Å². The van der Waals surface area contributed by atoms with Crippen molar-refractivity contribution < 1.29 is 19.5 Å². The van der Waals surface area contributed by atoms with Crippen LogP contribution in [0.25, 0.3) is 0 Å². The minimum Gasteiger partial charge on any atom is -0.494 e. The van der Waals surface area contributed by atoms with Crippen molar-refractivity contribution >= 4 is 34.9 Å². The van der Waals surface area contributed by atoms with Gasteiger partial charge in [-0.25, -0.2) is 9.59 Å². The second-order valence-electron chi connectivity index (χ2n) is 9.93. The zero-order valence-electron chi connectivity index (χ0n) is 21.3. The summed E-state index contributed by atoms with van der Waals surface area (Å²) in [6.45, 7) is 2.23. The van der Waals surface area contributed by atoms with E-state index in [0.717, 1.165) is 36.6 Å². The van der Waals surface area contributed by atoms with E-state index < -0.39 is 40.4 Å². The molecule has 1 spiro atoms. The smallest absolute Gasteiger partial charge is 0.333 e. The van der Waals surface area contributed by atoms with Gasteiger partial charge in [-0.2, -0.15) is 0 Å². The number of carbonyl (C=O) groups is 3. The Morgan fingerprint density at radius 2 is 1.65 bits per heavy atom. The van der Waals surface area contributed by atoms with E-state index in [1.807, 2.05) is 6.07 Å². The molecule has 2 fully saturated rings. The highest BCUT2D eigenvalue weighted by Gasteiger charge is 2.63. The maximum Gasteiger partial charge on any atom is 0.333 e. The third-order valence-corrected chi connectivity index (χ3v) is 7.90. The van der Waals surface area contributed by atoms with Crippen LogP contribution in [0.1, 0.15) is 30.9 Å². The second-order valence-corrected chi connectivity index (χ2v) is 9.93. The van der Waals surface area contributed by atoms with Crippen molar-refractivity contribution in [3.8, 4) is 5.88 Å². The Morgan fingerprint density at radius 1 is 1.00 bits per heavy atom. The molecule has 0 radical (unpaired) electrons. The van der Waals surface area contributed by atoms with Gasteiger partial charge >= 0.3 is 11.7 Å². The highest BCUT2D eigenvalue weighted by molar-refractivity contribution is 6.20. The number of benzene rings is 1. The molecular formula is C25H28N6O6. The SMILES string of the molecule is CC(=Nc1ccc2c(c1)CC1(C(=O)N(C)C(=O)N(C)C1=O)[C@@H]1CCCN21)c1c(O)n(C)c(=O)n(C)c1=O. The zero-order valence-corrected chi connectivity index (χ0v) is 21.3. The number of hydrogen-bond acceptors (Lipinski definition) is 8. The molecule has 37 heavy (non-hydrogen) atoms. The first kappa shape index (κ1) is 24.5. The van der Waals surface area contributed by atoms with Crippen LogP contribution in [0.5, 0.6) is 5.88 Å². The third kappa shape index (κ3) is 3.20. The molecule has 3 aliphatic heterocycles. The normalized spacial score (nSPS) is 21.1. The molecule has 1 aromatic carbocycles. The van der Waals surface area contributed by atoms with Crippen LogP contribution in [0.2, 0.25) is 0 Å². The maximum atomic E-state index is 13.5. The molecule has 1 atom stereocenters. The average Bonchev–Trinajstić information content (AvgIpc) is 3.38. The molecule has 1 N–H and O–H groups in total. The summed E-state index contributed by atoms with van der Waals surface area (Å²) in [6.07, 6.45) is 1.57. The van der Waals surface area contributed by atoms with Gasteiger partial charge in [0.2, 0.25) is 17.7 Å². The number of aromatic nitrogens is 2. The predicted molar refractivity (Wildman–Crippen MR) is 134 cm³/mol. The van der Waals surface area contributed by atoms with Crippen molar-refractivity contribution in [2.75, 3.05) is 25.5 Å². The minimum atomic E-state index is -1.43. The largest absolute Gasteiger partial charge is 0.494 e. The van der Waals surface area contributed by atoms with Gasteiger partial charge in [-0.15, -0.1) is 0 Å². The molecule has 5 rings (SSSR count). The van der Waals surface area contributed by atoms with E-state index in [-0.39, 0.29) is 23.7 Å². The Balaban J connectivity index is 1.62. The number of rotatable bonds is 2. The summed E-state index contributed by atoms with van der Waals surface area (Å²) in [6, 6.07) is 4.39. The number of amides is 4. The van der Waals surface area contributed by atoms with Gasteiger partial charge in [0.15, 0.2) is 5.41 Å². The Labute approximate surface area is 212 Å². The van der Waals surface area contributed by atoms with Crippen molar-refractivity contribution in [2.45, 2.75) is 32.2 Å². The Hall–Kier alpha value is -4.22. The lowest BCUT2D eigenvalue weighted by Crippen LogP contribution is -2.70.